The molecule has 0 atom stereocenters. The van der Waals surface area contributed by atoms with E-state index in [4.69, 9.17) is 0 Å². The molecule has 7 heteroatoms. The van der Waals surface area contributed by atoms with E-state index in [0.29, 0.717) is 0 Å². The lowest BCUT2D eigenvalue weighted by atomic mass is 10.2. The lowest BCUT2D eigenvalue weighted by Crippen LogP contribution is -3.00. The van der Waals surface area contributed by atoms with Crippen LogP contribution in [0.4, 0.5) is 0 Å². The number of thioether (sulfide) groups is 1. The summed E-state index contributed by atoms with van der Waals surface area (Å²) in [5.74, 6) is 1.02. The highest BCUT2D eigenvalue weighted by Crippen LogP contribution is 2.12. The minimum absolute atomic E-state index is 0. The SMILES string of the molecule is Cn1nnnc1SCCCNCc1ccccc1.[Cl-]. The Bertz CT molecular complexity index is 462. The molecule has 19 heavy (non-hydrogen) atoms. The predicted molar refractivity (Wildman–Crippen MR) is 72.3 cm³/mol. The average molecular weight is 299 g/mol. The summed E-state index contributed by atoms with van der Waals surface area (Å²) in [6, 6.07) is 10.4. The number of tetrazole rings is 1. The fourth-order valence-electron chi connectivity index (χ4n) is 1.53. The summed E-state index contributed by atoms with van der Waals surface area (Å²) in [5, 5.41) is 15.6. The molecule has 0 bridgehead atoms. The first-order chi connectivity index (χ1) is 8.86. The molecular formula is C12H17ClN5S-. The van der Waals surface area contributed by atoms with Gasteiger partial charge in [0, 0.05) is 19.3 Å². The van der Waals surface area contributed by atoms with Crippen LogP contribution in [-0.2, 0) is 13.6 Å². The highest BCUT2D eigenvalue weighted by molar-refractivity contribution is 7.99. The summed E-state index contributed by atoms with van der Waals surface area (Å²) < 4.78 is 1.70. The van der Waals surface area contributed by atoms with E-state index < -0.39 is 0 Å². The van der Waals surface area contributed by atoms with Crippen LogP contribution in [0.15, 0.2) is 35.5 Å². The normalized spacial score (nSPS) is 10.2. The number of aryl methyl sites for hydroxylation is 1. The molecule has 0 aliphatic heterocycles. The molecule has 0 fully saturated rings. The van der Waals surface area contributed by atoms with Crippen molar-refractivity contribution in [3.63, 3.8) is 0 Å². The van der Waals surface area contributed by atoms with Crippen LogP contribution in [-0.4, -0.2) is 32.5 Å². The van der Waals surface area contributed by atoms with Gasteiger partial charge in [-0.15, -0.1) is 5.10 Å². The summed E-state index contributed by atoms with van der Waals surface area (Å²) >= 11 is 1.69. The van der Waals surface area contributed by atoms with E-state index in [1.165, 1.54) is 5.56 Å². The molecule has 0 unspecified atom stereocenters. The predicted octanol–water partition coefficient (Wildman–Crippen LogP) is -1.51. The van der Waals surface area contributed by atoms with E-state index in [-0.39, 0.29) is 12.4 Å². The molecule has 1 heterocycles. The molecule has 0 radical (unpaired) electrons. The fourth-order valence-corrected chi connectivity index (χ4v) is 2.32. The van der Waals surface area contributed by atoms with Crippen LogP contribution in [0.2, 0.25) is 0 Å². The highest BCUT2D eigenvalue weighted by Gasteiger charge is 2.01. The van der Waals surface area contributed by atoms with Gasteiger partial charge in [0.15, 0.2) is 0 Å². The third kappa shape index (κ3) is 5.59. The minimum atomic E-state index is 0. The number of aromatic nitrogens is 4. The van der Waals surface area contributed by atoms with Gasteiger partial charge in [0.05, 0.1) is 0 Å². The van der Waals surface area contributed by atoms with Crippen LogP contribution in [0.1, 0.15) is 12.0 Å². The zero-order valence-corrected chi connectivity index (χ0v) is 12.4. The zero-order chi connectivity index (χ0) is 12.6. The van der Waals surface area contributed by atoms with Crippen molar-refractivity contribution in [2.45, 2.75) is 18.1 Å². The number of nitrogens with zero attached hydrogens (tertiary/aromatic N) is 4. The summed E-state index contributed by atoms with van der Waals surface area (Å²) in [4.78, 5) is 0. The third-order valence-corrected chi connectivity index (χ3v) is 3.58. The Morgan fingerprint density at radius 2 is 2.05 bits per heavy atom. The molecule has 1 aromatic heterocycles. The van der Waals surface area contributed by atoms with Crippen molar-refractivity contribution in [3.05, 3.63) is 35.9 Å². The van der Waals surface area contributed by atoms with Crippen LogP contribution in [0.5, 0.6) is 0 Å². The maximum Gasteiger partial charge on any atom is 0.209 e. The van der Waals surface area contributed by atoms with Gasteiger partial charge in [-0.05, 0) is 29.0 Å². The Hall–Kier alpha value is -1.11. The number of hydrogen-bond donors (Lipinski definition) is 1. The lowest BCUT2D eigenvalue weighted by Gasteiger charge is -2.04. The number of benzene rings is 1. The summed E-state index contributed by atoms with van der Waals surface area (Å²) in [6.45, 7) is 1.93. The minimum Gasteiger partial charge on any atom is -1.00 e. The highest BCUT2D eigenvalue weighted by atomic mass is 35.5. The van der Waals surface area contributed by atoms with Crippen molar-refractivity contribution >= 4 is 11.8 Å². The smallest absolute Gasteiger partial charge is 0.209 e. The van der Waals surface area contributed by atoms with Crippen molar-refractivity contribution < 1.29 is 12.4 Å². The number of hydrogen-bond acceptors (Lipinski definition) is 5. The summed E-state index contributed by atoms with van der Waals surface area (Å²) in [6.07, 6.45) is 1.10. The van der Waals surface area contributed by atoms with Gasteiger partial charge in [0.2, 0.25) is 5.16 Å². The molecule has 0 saturated carbocycles. The number of nitrogens with one attached hydrogen (secondary N) is 1. The van der Waals surface area contributed by atoms with Crippen molar-refractivity contribution in [2.24, 2.45) is 7.05 Å². The Labute approximate surface area is 123 Å². The van der Waals surface area contributed by atoms with E-state index in [1.54, 1.807) is 16.4 Å². The first-order valence-electron chi connectivity index (χ1n) is 5.96. The lowest BCUT2D eigenvalue weighted by molar-refractivity contribution is -0.00000393. The van der Waals surface area contributed by atoms with E-state index in [1.807, 2.05) is 13.1 Å². The van der Waals surface area contributed by atoms with Crippen LogP contribution in [0, 0.1) is 0 Å². The van der Waals surface area contributed by atoms with Gasteiger partial charge in [-0.25, -0.2) is 4.68 Å². The maximum absolute atomic E-state index is 3.93. The van der Waals surface area contributed by atoms with Crippen LogP contribution in [0.25, 0.3) is 0 Å². The van der Waals surface area contributed by atoms with E-state index >= 15 is 0 Å². The monoisotopic (exact) mass is 298 g/mol. The largest absolute Gasteiger partial charge is 1.00 e. The quantitative estimate of drug-likeness (QED) is 0.497. The number of halogens is 1. The molecule has 0 aliphatic carbocycles. The third-order valence-electron chi connectivity index (χ3n) is 2.48. The second-order valence-electron chi connectivity index (χ2n) is 3.95. The van der Waals surface area contributed by atoms with Crippen LogP contribution in [0.3, 0.4) is 0 Å². The van der Waals surface area contributed by atoms with Gasteiger partial charge in [-0.3, -0.25) is 0 Å². The van der Waals surface area contributed by atoms with E-state index in [2.05, 4.69) is 45.1 Å². The van der Waals surface area contributed by atoms with Gasteiger partial charge in [-0.1, -0.05) is 42.1 Å². The second-order valence-corrected chi connectivity index (χ2v) is 5.01. The summed E-state index contributed by atoms with van der Waals surface area (Å²) in [5.41, 5.74) is 1.32. The molecule has 1 N–H and O–H groups in total. The van der Waals surface area contributed by atoms with Crippen LogP contribution < -0.4 is 17.7 Å². The fraction of sp³-hybridized carbons (Fsp3) is 0.417. The van der Waals surface area contributed by atoms with Crippen LogP contribution >= 0.6 is 11.8 Å². The van der Waals surface area contributed by atoms with Gasteiger partial charge in [0.25, 0.3) is 0 Å². The molecular weight excluding hydrogens is 282 g/mol. The van der Waals surface area contributed by atoms with Gasteiger partial charge in [-0.2, -0.15) is 0 Å². The van der Waals surface area contributed by atoms with Gasteiger partial charge >= 0.3 is 0 Å². The van der Waals surface area contributed by atoms with E-state index in [0.717, 1.165) is 30.4 Å². The molecule has 0 spiro atoms. The topological polar surface area (TPSA) is 55.6 Å². The molecule has 1 aromatic carbocycles. The number of rotatable bonds is 7. The van der Waals surface area contributed by atoms with Gasteiger partial charge < -0.3 is 17.7 Å². The van der Waals surface area contributed by atoms with Crippen molar-refractivity contribution in [2.75, 3.05) is 12.3 Å². The molecule has 2 rings (SSSR count). The Morgan fingerprint density at radius 3 is 2.74 bits per heavy atom. The Morgan fingerprint density at radius 1 is 1.26 bits per heavy atom. The van der Waals surface area contributed by atoms with Crippen molar-refractivity contribution in [1.29, 1.82) is 0 Å². The molecule has 0 amide bonds. The molecule has 104 valence electrons. The maximum atomic E-state index is 3.93. The van der Waals surface area contributed by atoms with Gasteiger partial charge in [0.1, 0.15) is 0 Å². The Balaban J connectivity index is 0.00000180. The Kier molecular flexibility index (Phi) is 7.47. The van der Waals surface area contributed by atoms with Crippen molar-refractivity contribution in [1.82, 2.24) is 25.5 Å². The van der Waals surface area contributed by atoms with E-state index in [9.17, 15) is 0 Å². The first-order valence-corrected chi connectivity index (χ1v) is 6.94. The van der Waals surface area contributed by atoms with Crippen molar-refractivity contribution in [3.8, 4) is 0 Å². The molecule has 0 saturated heterocycles. The molecule has 2 aromatic rings. The first kappa shape index (κ1) is 15.9. The summed E-state index contributed by atoms with van der Waals surface area (Å²) in [7, 11) is 1.86. The molecule has 0 aliphatic rings. The average Bonchev–Trinajstić information content (AvgIpc) is 2.81. The standard InChI is InChI=1S/C12H17N5S.ClH/c1-17-12(14-15-16-17)18-9-5-8-13-10-11-6-3-2-4-7-11;/h2-4,6-7,13H,5,8-10H2,1H3;1H/p-1. The second kappa shape index (κ2) is 8.90. The molecule has 5 nitrogen and oxygen atoms in total. The zero-order valence-electron chi connectivity index (χ0n) is 10.8.